The van der Waals surface area contributed by atoms with Gasteiger partial charge in [0.15, 0.2) is 0 Å². The van der Waals surface area contributed by atoms with Crippen LogP contribution in [0.1, 0.15) is 19.3 Å². The van der Waals surface area contributed by atoms with Gasteiger partial charge in [0.1, 0.15) is 0 Å². The summed E-state index contributed by atoms with van der Waals surface area (Å²) in [5.74, 6) is 0.400. The van der Waals surface area contributed by atoms with E-state index in [1.165, 1.54) is 0 Å². The Morgan fingerprint density at radius 3 is 2.11 bits per heavy atom. The summed E-state index contributed by atoms with van der Waals surface area (Å²) >= 11 is 5.47. The Kier molecular flexibility index (Phi) is 1.94. The summed E-state index contributed by atoms with van der Waals surface area (Å²) in [6.07, 6.45) is -0.399. The van der Waals surface area contributed by atoms with Crippen LogP contribution in [-0.2, 0) is 0 Å². The van der Waals surface area contributed by atoms with Crippen LogP contribution in [0.3, 0.4) is 0 Å². The van der Waals surface area contributed by atoms with Gasteiger partial charge in [-0.25, -0.2) is 8.78 Å². The van der Waals surface area contributed by atoms with Gasteiger partial charge >= 0.3 is 0 Å². The smallest absolute Gasteiger partial charge is 0.211 e. The summed E-state index contributed by atoms with van der Waals surface area (Å²) < 4.78 is 23.4. The molecule has 0 aromatic rings. The summed E-state index contributed by atoms with van der Waals surface area (Å²) in [4.78, 5) is 0. The monoisotopic (exact) mass is 154 g/mol. The summed E-state index contributed by atoms with van der Waals surface area (Å²) in [5, 5.41) is 0. The molecule has 0 amide bonds. The van der Waals surface area contributed by atoms with Crippen LogP contribution in [0.25, 0.3) is 0 Å². The van der Waals surface area contributed by atoms with Crippen LogP contribution >= 0.6 is 11.6 Å². The summed E-state index contributed by atoms with van der Waals surface area (Å²) in [5.41, 5.74) is -0.171. The first-order chi connectivity index (χ1) is 4.18. The van der Waals surface area contributed by atoms with E-state index in [-0.39, 0.29) is 11.8 Å². The lowest BCUT2D eigenvalue weighted by molar-refractivity contribution is 0.113. The Bertz CT molecular complexity index is 99.2. The Balaban J connectivity index is 2.25. The Morgan fingerprint density at radius 1 is 1.44 bits per heavy atom. The van der Waals surface area contributed by atoms with Crippen LogP contribution in [0.4, 0.5) is 8.78 Å². The largest absolute Gasteiger partial charge is 0.239 e. The van der Waals surface area contributed by atoms with E-state index in [0.29, 0.717) is 5.88 Å². The molecular weight excluding hydrogens is 146 g/mol. The van der Waals surface area contributed by atoms with Crippen LogP contribution in [0.5, 0.6) is 0 Å². The second-order valence-corrected chi connectivity index (χ2v) is 3.00. The van der Waals surface area contributed by atoms with Crippen LogP contribution in [0, 0.1) is 5.41 Å². The topological polar surface area (TPSA) is 0 Å². The molecule has 0 N–H and O–H groups in total. The highest BCUT2D eigenvalue weighted by Crippen LogP contribution is 2.50. The number of hydrogen-bond donors (Lipinski definition) is 0. The molecule has 0 atom stereocenters. The number of alkyl halides is 3. The minimum absolute atomic E-state index is 0.00347. The van der Waals surface area contributed by atoms with Gasteiger partial charge in [0.25, 0.3) is 0 Å². The van der Waals surface area contributed by atoms with Crippen molar-refractivity contribution >= 4 is 11.6 Å². The molecule has 0 saturated heterocycles. The van der Waals surface area contributed by atoms with Crippen molar-refractivity contribution in [3.63, 3.8) is 0 Å². The average Bonchev–Trinajstić information content (AvgIpc) is 2.48. The molecule has 0 nitrogen and oxygen atoms in total. The van der Waals surface area contributed by atoms with Crippen molar-refractivity contribution in [1.29, 1.82) is 0 Å². The maximum atomic E-state index is 11.7. The summed E-state index contributed by atoms with van der Waals surface area (Å²) in [6, 6.07) is 0. The predicted octanol–water partition coefficient (Wildman–Crippen LogP) is 2.66. The lowest BCUT2D eigenvalue weighted by Crippen LogP contribution is -2.07. The van der Waals surface area contributed by atoms with Gasteiger partial charge in [-0.3, -0.25) is 0 Å². The molecule has 1 fully saturated rings. The fraction of sp³-hybridized carbons (Fsp3) is 1.00. The van der Waals surface area contributed by atoms with Crippen molar-refractivity contribution in [2.75, 3.05) is 5.88 Å². The third kappa shape index (κ3) is 1.78. The van der Waals surface area contributed by atoms with Crippen molar-refractivity contribution < 1.29 is 8.78 Å². The van der Waals surface area contributed by atoms with Gasteiger partial charge in [-0.1, -0.05) is 0 Å². The number of hydrogen-bond acceptors (Lipinski definition) is 0. The molecule has 1 saturated carbocycles. The maximum Gasteiger partial charge on any atom is 0.239 e. The SMILES string of the molecule is FC(F)CC1(CCl)CC1. The zero-order valence-electron chi connectivity index (χ0n) is 5.04. The summed E-state index contributed by atoms with van der Waals surface area (Å²) in [7, 11) is 0. The van der Waals surface area contributed by atoms with Crippen LogP contribution in [0.2, 0.25) is 0 Å². The molecule has 54 valence electrons. The van der Waals surface area contributed by atoms with Crippen molar-refractivity contribution in [3.05, 3.63) is 0 Å². The van der Waals surface area contributed by atoms with E-state index in [2.05, 4.69) is 0 Å². The van der Waals surface area contributed by atoms with Gasteiger partial charge < -0.3 is 0 Å². The second-order valence-electron chi connectivity index (χ2n) is 2.73. The normalized spacial score (nSPS) is 22.7. The molecule has 0 bridgehead atoms. The van der Waals surface area contributed by atoms with Crippen molar-refractivity contribution in [3.8, 4) is 0 Å². The van der Waals surface area contributed by atoms with E-state index in [1.807, 2.05) is 0 Å². The third-order valence-corrected chi connectivity index (χ3v) is 2.39. The zero-order chi connectivity index (χ0) is 6.91. The highest BCUT2D eigenvalue weighted by Gasteiger charge is 2.43. The van der Waals surface area contributed by atoms with Gasteiger partial charge in [-0.05, 0) is 18.3 Å². The average molecular weight is 155 g/mol. The molecule has 9 heavy (non-hydrogen) atoms. The van der Waals surface area contributed by atoms with E-state index in [9.17, 15) is 8.78 Å². The first-order valence-electron chi connectivity index (χ1n) is 3.03. The molecule has 0 aromatic carbocycles. The van der Waals surface area contributed by atoms with E-state index in [1.54, 1.807) is 0 Å². The third-order valence-electron chi connectivity index (χ3n) is 1.83. The highest BCUT2D eigenvalue weighted by atomic mass is 35.5. The van der Waals surface area contributed by atoms with Crippen LogP contribution in [-0.4, -0.2) is 12.3 Å². The second kappa shape index (κ2) is 2.41. The molecule has 1 aliphatic carbocycles. The van der Waals surface area contributed by atoms with E-state index >= 15 is 0 Å². The molecule has 0 heterocycles. The van der Waals surface area contributed by atoms with Crippen LogP contribution in [0.15, 0.2) is 0 Å². The molecule has 1 aliphatic rings. The lowest BCUT2D eigenvalue weighted by Gasteiger charge is -2.07. The van der Waals surface area contributed by atoms with E-state index in [0.717, 1.165) is 12.8 Å². The molecule has 1 rings (SSSR count). The quantitative estimate of drug-likeness (QED) is 0.549. The molecule has 0 aliphatic heterocycles. The predicted molar refractivity (Wildman–Crippen MR) is 33.0 cm³/mol. The zero-order valence-corrected chi connectivity index (χ0v) is 5.80. The first-order valence-corrected chi connectivity index (χ1v) is 3.56. The van der Waals surface area contributed by atoms with Gasteiger partial charge in [0, 0.05) is 12.3 Å². The minimum Gasteiger partial charge on any atom is -0.211 e. The molecule has 0 unspecified atom stereocenters. The molecular formula is C6H9ClF2. The number of rotatable bonds is 3. The van der Waals surface area contributed by atoms with Crippen molar-refractivity contribution in [2.45, 2.75) is 25.7 Å². The minimum atomic E-state index is -2.17. The first kappa shape index (κ1) is 7.26. The van der Waals surface area contributed by atoms with Gasteiger partial charge in [-0.15, -0.1) is 11.6 Å². The van der Waals surface area contributed by atoms with Gasteiger partial charge in [0.05, 0.1) is 0 Å². The molecule has 0 aromatic heterocycles. The van der Waals surface area contributed by atoms with E-state index in [4.69, 9.17) is 11.6 Å². The molecule has 3 heteroatoms. The van der Waals surface area contributed by atoms with Crippen molar-refractivity contribution in [1.82, 2.24) is 0 Å². The fourth-order valence-electron chi connectivity index (χ4n) is 0.896. The van der Waals surface area contributed by atoms with Crippen LogP contribution < -0.4 is 0 Å². The maximum absolute atomic E-state index is 11.7. The molecule has 0 spiro atoms. The Labute approximate surface area is 58.2 Å². The highest BCUT2D eigenvalue weighted by molar-refractivity contribution is 6.18. The Hall–Kier alpha value is 0.150. The van der Waals surface area contributed by atoms with Gasteiger partial charge in [-0.2, -0.15) is 0 Å². The Morgan fingerprint density at radius 2 is 2.00 bits per heavy atom. The van der Waals surface area contributed by atoms with E-state index < -0.39 is 6.43 Å². The molecule has 0 radical (unpaired) electrons. The van der Waals surface area contributed by atoms with Crippen molar-refractivity contribution in [2.24, 2.45) is 5.41 Å². The fourth-order valence-corrected chi connectivity index (χ4v) is 1.27. The standard InChI is InChI=1S/C6H9ClF2/c7-4-6(1-2-6)3-5(8)9/h5H,1-4H2. The summed E-state index contributed by atoms with van der Waals surface area (Å²) in [6.45, 7) is 0. The lowest BCUT2D eigenvalue weighted by atomic mass is 10.1. The number of halogens is 3. The van der Waals surface area contributed by atoms with Gasteiger partial charge in [0.2, 0.25) is 6.43 Å².